The first-order valence-corrected chi connectivity index (χ1v) is 5.04. The van der Waals surface area contributed by atoms with E-state index in [1.54, 1.807) is 0 Å². The normalized spacial score (nSPS) is 44.2. The first-order valence-electron chi connectivity index (χ1n) is 5.04. The van der Waals surface area contributed by atoms with Crippen molar-refractivity contribution in [2.75, 3.05) is 13.7 Å². The zero-order valence-corrected chi connectivity index (χ0v) is 8.83. The van der Waals surface area contributed by atoms with Crippen molar-refractivity contribution in [1.29, 1.82) is 0 Å². The Morgan fingerprint density at radius 1 is 1.75 bits per heavy atom. The van der Waals surface area contributed by atoms with Gasteiger partial charge in [0.05, 0.1) is 12.2 Å². The fourth-order valence-electron chi connectivity index (χ4n) is 2.08. The summed E-state index contributed by atoms with van der Waals surface area (Å²) >= 11 is 0. The molecule has 16 heavy (non-hydrogen) atoms. The summed E-state index contributed by atoms with van der Waals surface area (Å²) in [6, 6.07) is 0. The van der Waals surface area contributed by atoms with Crippen LogP contribution in [0.5, 0.6) is 0 Å². The Morgan fingerprint density at radius 2 is 2.44 bits per heavy atom. The highest BCUT2D eigenvalue weighted by Crippen LogP contribution is 2.39. The standard InChI is InChI=1S/C9H15NO6/c1-14-9-2-4(11)6(15-8(9)13)7(16-9)5(12)3-10/h4-7,11-12H,2-3,10H2,1H3/t4-,5-,6-,7-,9-/m1/s1. The largest absolute Gasteiger partial charge is 0.453 e. The summed E-state index contributed by atoms with van der Waals surface area (Å²) in [4.78, 5) is 11.5. The van der Waals surface area contributed by atoms with Crippen LogP contribution in [0.3, 0.4) is 0 Å². The molecule has 3 fully saturated rings. The van der Waals surface area contributed by atoms with Crippen molar-refractivity contribution in [3.63, 3.8) is 0 Å². The first-order chi connectivity index (χ1) is 7.54. The number of aliphatic hydroxyl groups excluding tert-OH is 2. The van der Waals surface area contributed by atoms with E-state index in [2.05, 4.69) is 0 Å². The molecule has 4 N–H and O–H groups in total. The van der Waals surface area contributed by atoms with Gasteiger partial charge >= 0.3 is 5.97 Å². The Bertz CT molecular complexity index is 298. The number of methoxy groups -OCH3 is 1. The number of fused-ring (bicyclic) bond motifs is 3. The Hall–Kier alpha value is -0.730. The predicted molar refractivity (Wildman–Crippen MR) is 50.2 cm³/mol. The Morgan fingerprint density at radius 3 is 3.00 bits per heavy atom. The average molecular weight is 233 g/mol. The molecule has 5 atom stereocenters. The third-order valence-corrected chi connectivity index (χ3v) is 3.01. The highest BCUT2D eigenvalue weighted by atomic mass is 16.8. The van der Waals surface area contributed by atoms with Crippen molar-refractivity contribution in [2.45, 2.75) is 36.6 Å². The van der Waals surface area contributed by atoms with Gasteiger partial charge in [0.25, 0.3) is 5.79 Å². The zero-order valence-electron chi connectivity index (χ0n) is 8.83. The number of rotatable bonds is 3. The molecule has 0 aromatic heterocycles. The molecule has 3 rings (SSSR count). The lowest BCUT2D eigenvalue weighted by molar-refractivity contribution is -0.353. The second-order valence-corrected chi connectivity index (χ2v) is 3.98. The van der Waals surface area contributed by atoms with Gasteiger partial charge in [-0.05, 0) is 0 Å². The van der Waals surface area contributed by atoms with Crippen molar-refractivity contribution < 1.29 is 29.2 Å². The Kier molecular flexibility index (Phi) is 2.89. The van der Waals surface area contributed by atoms with E-state index in [4.69, 9.17) is 19.9 Å². The van der Waals surface area contributed by atoms with Crippen molar-refractivity contribution in [1.82, 2.24) is 0 Å². The van der Waals surface area contributed by atoms with Crippen LogP contribution in [-0.2, 0) is 19.0 Å². The summed E-state index contributed by atoms with van der Waals surface area (Å²) in [6.07, 6.45) is -3.67. The lowest BCUT2D eigenvalue weighted by atomic mass is 9.89. The molecule has 7 nitrogen and oxygen atoms in total. The monoisotopic (exact) mass is 233 g/mol. The molecule has 0 amide bonds. The molecular weight excluding hydrogens is 218 g/mol. The molecule has 3 saturated heterocycles. The van der Waals surface area contributed by atoms with Crippen LogP contribution < -0.4 is 5.73 Å². The number of ether oxygens (including phenoxy) is 3. The number of nitrogens with two attached hydrogens (primary N) is 1. The topological polar surface area (TPSA) is 111 Å². The van der Waals surface area contributed by atoms with Crippen LogP contribution in [0.15, 0.2) is 0 Å². The average Bonchev–Trinajstić information content (AvgIpc) is 2.29. The van der Waals surface area contributed by atoms with Gasteiger partial charge in [-0.3, -0.25) is 0 Å². The maximum Gasteiger partial charge on any atom is 0.367 e. The minimum Gasteiger partial charge on any atom is -0.453 e. The Balaban J connectivity index is 2.25. The lowest BCUT2D eigenvalue weighted by Gasteiger charge is -2.50. The predicted octanol–water partition coefficient (Wildman–Crippen LogP) is -2.28. The van der Waals surface area contributed by atoms with E-state index < -0.39 is 36.2 Å². The number of carbonyl (C=O) groups is 1. The molecule has 0 spiro atoms. The number of hydrogen-bond donors (Lipinski definition) is 3. The van der Waals surface area contributed by atoms with E-state index in [1.165, 1.54) is 7.11 Å². The SMILES string of the molecule is CO[C@@]12C[C@@H](O)[C@@H](OC1=O)[C@@H]([C@H](O)CN)O2. The molecule has 3 heterocycles. The van der Waals surface area contributed by atoms with Gasteiger partial charge in [0.1, 0.15) is 6.10 Å². The number of carbonyl (C=O) groups excluding carboxylic acids is 1. The van der Waals surface area contributed by atoms with E-state index in [0.717, 1.165) is 0 Å². The molecule has 0 radical (unpaired) electrons. The summed E-state index contributed by atoms with van der Waals surface area (Å²) in [5.74, 6) is -2.29. The molecular formula is C9H15NO6. The van der Waals surface area contributed by atoms with Gasteiger partial charge in [-0.15, -0.1) is 0 Å². The molecule has 92 valence electrons. The van der Waals surface area contributed by atoms with Gasteiger partial charge in [-0.25, -0.2) is 4.79 Å². The molecule has 0 aromatic carbocycles. The van der Waals surface area contributed by atoms with Crippen molar-refractivity contribution in [3.8, 4) is 0 Å². The van der Waals surface area contributed by atoms with Crippen LogP contribution in [0.1, 0.15) is 6.42 Å². The third-order valence-electron chi connectivity index (χ3n) is 3.01. The maximum atomic E-state index is 11.5. The lowest BCUT2D eigenvalue weighted by Crippen LogP contribution is -2.69. The highest BCUT2D eigenvalue weighted by molar-refractivity contribution is 5.80. The molecule has 3 aliphatic heterocycles. The van der Waals surface area contributed by atoms with Gasteiger partial charge in [-0.1, -0.05) is 0 Å². The van der Waals surface area contributed by atoms with Gasteiger partial charge < -0.3 is 30.2 Å². The smallest absolute Gasteiger partial charge is 0.367 e. The highest BCUT2D eigenvalue weighted by Gasteiger charge is 2.61. The minimum atomic E-state index is -1.62. The van der Waals surface area contributed by atoms with Crippen molar-refractivity contribution in [3.05, 3.63) is 0 Å². The molecule has 0 unspecified atom stereocenters. The van der Waals surface area contributed by atoms with Crippen LogP contribution in [0.4, 0.5) is 0 Å². The van der Waals surface area contributed by atoms with Crippen LogP contribution in [-0.4, -0.2) is 60.0 Å². The van der Waals surface area contributed by atoms with Crippen molar-refractivity contribution in [2.24, 2.45) is 5.73 Å². The van der Waals surface area contributed by atoms with E-state index in [-0.39, 0.29) is 13.0 Å². The van der Waals surface area contributed by atoms with Crippen LogP contribution >= 0.6 is 0 Å². The van der Waals surface area contributed by atoms with Gasteiger partial charge in [-0.2, -0.15) is 0 Å². The zero-order chi connectivity index (χ0) is 11.9. The van der Waals surface area contributed by atoms with Crippen LogP contribution in [0.25, 0.3) is 0 Å². The Labute approximate surface area is 92.1 Å². The molecule has 2 bridgehead atoms. The number of aliphatic hydroxyl groups is 2. The molecule has 0 aliphatic carbocycles. The van der Waals surface area contributed by atoms with Gasteiger partial charge in [0, 0.05) is 20.1 Å². The summed E-state index contributed by atoms with van der Waals surface area (Å²) in [6.45, 7) is -0.0504. The molecule has 0 saturated carbocycles. The summed E-state index contributed by atoms with van der Waals surface area (Å²) in [5.41, 5.74) is 5.31. The molecule has 7 heteroatoms. The molecule has 0 aromatic rings. The second-order valence-electron chi connectivity index (χ2n) is 3.98. The third kappa shape index (κ3) is 1.52. The quantitative estimate of drug-likeness (QED) is 0.471. The van der Waals surface area contributed by atoms with E-state index in [9.17, 15) is 15.0 Å². The summed E-state index contributed by atoms with van der Waals surface area (Å²) in [7, 11) is 1.28. The van der Waals surface area contributed by atoms with Crippen molar-refractivity contribution >= 4 is 5.97 Å². The minimum absolute atomic E-state index is 0.000785. The van der Waals surface area contributed by atoms with Crippen LogP contribution in [0.2, 0.25) is 0 Å². The maximum absolute atomic E-state index is 11.5. The summed E-state index contributed by atoms with van der Waals surface area (Å²) in [5, 5.41) is 19.3. The van der Waals surface area contributed by atoms with E-state index in [0.29, 0.717) is 0 Å². The van der Waals surface area contributed by atoms with E-state index >= 15 is 0 Å². The number of esters is 1. The summed E-state index contributed by atoms with van der Waals surface area (Å²) < 4.78 is 15.3. The van der Waals surface area contributed by atoms with Gasteiger partial charge in [0.15, 0.2) is 6.10 Å². The fourth-order valence-corrected chi connectivity index (χ4v) is 2.08. The molecule has 3 aliphatic rings. The van der Waals surface area contributed by atoms with Crippen LogP contribution in [0, 0.1) is 0 Å². The first kappa shape index (κ1) is 11.7. The second kappa shape index (κ2) is 3.94. The van der Waals surface area contributed by atoms with E-state index in [1.807, 2.05) is 0 Å². The fraction of sp³-hybridized carbons (Fsp3) is 0.889. The number of hydrogen-bond acceptors (Lipinski definition) is 7. The van der Waals surface area contributed by atoms with Gasteiger partial charge in [0.2, 0.25) is 0 Å².